The predicted molar refractivity (Wildman–Crippen MR) is 111 cm³/mol. The van der Waals surface area contributed by atoms with Crippen molar-refractivity contribution in [1.82, 2.24) is 4.90 Å². The summed E-state index contributed by atoms with van der Waals surface area (Å²) in [5.74, 6) is -2.39. The van der Waals surface area contributed by atoms with Crippen molar-refractivity contribution in [3.05, 3.63) is 58.6 Å². The monoisotopic (exact) mass is 478 g/mol. The first-order chi connectivity index (χ1) is 14.4. The summed E-state index contributed by atoms with van der Waals surface area (Å²) in [6, 6.07) is 10.7. The van der Waals surface area contributed by atoms with Crippen LogP contribution in [0.5, 0.6) is 5.75 Å². The molecule has 30 heavy (non-hydrogen) atoms. The lowest BCUT2D eigenvalue weighted by Gasteiger charge is -2.33. The Labute approximate surface area is 181 Å². The van der Waals surface area contributed by atoms with Crippen LogP contribution in [0.2, 0.25) is 0 Å². The zero-order chi connectivity index (χ0) is 21.3. The summed E-state index contributed by atoms with van der Waals surface area (Å²) in [4.78, 5) is 29.1. The van der Waals surface area contributed by atoms with Crippen LogP contribution in [0.1, 0.15) is 19.3 Å². The molecule has 1 unspecified atom stereocenters. The van der Waals surface area contributed by atoms with Gasteiger partial charge in [-0.1, -0.05) is 22.0 Å². The van der Waals surface area contributed by atoms with Crippen LogP contribution >= 0.6 is 15.9 Å². The van der Waals surface area contributed by atoms with Gasteiger partial charge in [0.1, 0.15) is 17.8 Å². The van der Waals surface area contributed by atoms with E-state index in [1.54, 1.807) is 9.80 Å². The van der Waals surface area contributed by atoms with Crippen molar-refractivity contribution in [2.24, 2.45) is 5.92 Å². The van der Waals surface area contributed by atoms with Crippen LogP contribution in [0, 0.1) is 17.6 Å². The number of hydrogen-bond acceptors (Lipinski definition) is 3. The van der Waals surface area contributed by atoms with Gasteiger partial charge in [0.2, 0.25) is 11.8 Å². The number of carbonyl (C=O) groups is 2. The third-order valence-corrected chi connectivity index (χ3v) is 6.06. The van der Waals surface area contributed by atoms with E-state index in [2.05, 4.69) is 15.9 Å². The van der Waals surface area contributed by atoms with Crippen LogP contribution in [-0.2, 0) is 9.59 Å². The zero-order valence-corrected chi connectivity index (χ0v) is 17.8. The summed E-state index contributed by atoms with van der Waals surface area (Å²) >= 11 is 3.41. The first kappa shape index (κ1) is 20.8. The molecule has 4 rings (SSSR count). The normalized spacial score (nSPS) is 20.0. The molecule has 0 N–H and O–H groups in total. The summed E-state index contributed by atoms with van der Waals surface area (Å²) in [5.41, 5.74) is 0.776. The van der Waals surface area contributed by atoms with Crippen molar-refractivity contribution in [3.8, 4) is 5.75 Å². The maximum absolute atomic E-state index is 13.8. The lowest BCUT2D eigenvalue weighted by molar-refractivity contribution is -0.141. The fourth-order valence-corrected chi connectivity index (χ4v) is 4.36. The zero-order valence-electron chi connectivity index (χ0n) is 16.2. The van der Waals surface area contributed by atoms with Crippen molar-refractivity contribution in [2.75, 3.05) is 24.5 Å². The molecular formula is C22H21BrF2N2O3. The Kier molecular flexibility index (Phi) is 6.04. The lowest BCUT2D eigenvalue weighted by atomic mass is 10.0. The standard InChI is InChI=1S/C22H21BrF2N2O3/c23-14-2-1-3-16(12-14)27-11-8-18(22(27)29)21(28)26-9-6-17(7-10-26)30-20-5-4-15(24)13-19(20)25/h1-5,12-13,17-18H,6-11H2. The van der Waals surface area contributed by atoms with E-state index in [0.717, 1.165) is 22.3 Å². The second-order valence-electron chi connectivity index (χ2n) is 7.53. The van der Waals surface area contributed by atoms with E-state index in [-0.39, 0.29) is 23.7 Å². The first-order valence-corrected chi connectivity index (χ1v) is 10.7. The van der Waals surface area contributed by atoms with Gasteiger partial charge >= 0.3 is 0 Å². The molecule has 2 heterocycles. The van der Waals surface area contributed by atoms with E-state index < -0.39 is 17.6 Å². The second kappa shape index (κ2) is 8.71. The van der Waals surface area contributed by atoms with E-state index in [9.17, 15) is 18.4 Å². The van der Waals surface area contributed by atoms with Gasteiger partial charge in [0.15, 0.2) is 11.6 Å². The number of rotatable bonds is 4. The van der Waals surface area contributed by atoms with Crippen LogP contribution < -0.4 is 9.64 Å². The fourth-order valence-electron chi connectivity index (χ4n) is 3.97. The van der Waals surface area contributed by atoms with Gasteiger partial charge in [0.25, 0.3) is 0 Å². The Balaban J connectivity index is 1.33. The molecule has 2 aromatic carbocycles. The summed E-state index contributed by atoms with van der Waals surface area (Å²) < 4.78 is 33.3. The molecule has 0 spiro atoms. The molecule has 158 valence electrons. The van der Waals surface area contributed by atoms with Crippen molar-refractivity contribution in [1.29, 1.82) is 0 Å². The Morgan fingerprint density at radius 2 is 1.80 bits per heavy atom. The Morgan fingerprint density at radius 3 is 2.50 bits per heavy atom. The number of amides is 2. The Hall–Kier alpha value is -2.48. The molecule has 8 heteroatoms. The molecule has 0 saturated carbocycles. The summed E-state index contributed by atoms with van der Waals surface area (Å²) in [6.45, 7) is 1.38. The largest absolute Gasteiger partial charge is 0.487 e. The predicted octanol–water partition coefficient (Wildman–Crippen LogP) is 4.15. The second-order valence-corrected chi connectivity index (χ2v) is 8.44. The number of piperidine rings is 1. The molecule has 5 nitrogen and oxygen atoms in total. The lowest BCUT2D eigenvalue weighted by Crippen LogP contribution is -2.46. The maximum Gasteiger partial charge on any atom is 0.239 e. The number of ether oxygens (including phenoxy) is 1. The van der Waals surface area contributed by atoms with Crippen LogP contribution in [0.15, 0.2) is 46.9 Å². The van der Waals surface area contributed by atoms with Crippen molar-refractivity contribution < 1.29 is 23.1 Å². The number of hydrogen-bond donors (Lipinski definition) is 0. The van der Waals surface area contributed by atoms with Crippen molar-refractivity contribution in [2.45, 2.75) is 25.4 Å². The molecule has 1 atom stereocenters. The van der Waals surface area contributed by atoms with Gasteiger partial charge in [-0.2, -0.15) is 0 Å². The highest BCUT2D eigenvalue weighted by Gasteiger charge is 2.40. The quantitative estimate of drug-likeness (QED) is 0.620. The van der Waals surface area contributed by atoms with Gasteiger partial charge in [0, 0.05) is 48.7 Å². The third kappa shape index (κ3) is 4.33. The number of anilines is 1. The van der Waals surface area contributed by atoms with E-state index in [0.29, 0.717) is 38.9 Å². The summed E-state index contributed by atoms with van der Waals surface area (Å²) in [7, 11) is 0. The highest BCUT2D eigenvalue weighted by atomic mass is 79.9. The first-order valence-electron chi connectivity index (χ1n) is 9.90. The fraction of sp³-hybridized carbons (Fsp3) is 0.364. The highest BCUT2D eigenvalue weighted by molar-refractivity contribution is 9.10. The molecular weight excluding hydrogens is 458 g/mol. The number of benzene rings is 2. The van der Waals surface area contributed by atoms with E-state index in [4.69, 9.17) is 4.74 Å². The van der Waals surface area contributed by atoms with Crippen LogP contribution in [0.25, 0.3) is 0 Å². The molecule has 2 aromatic rings. The van der Waals surface area contributed by atoms with Gasteiger partial charge in [0.05, 0.1) is 0 Å². The maximum atomic E-state index is 13.8. The molecule has 2 saturated heterocycles. The van der Waals surface area contributed by atoms with Crippen LogP contribution in [0.3, 0.4) is 0 Å². The van der Waals surface area contributed by atoms with Gasteiger partial charge in [-0.05, 0) is 36.8 Å². The Bertz CT molecular complexity index is 963. The Morgan fingerprint density at radius 1 is 1.03 bits per heavy atom. The SMILES string of the molecule is O=C(C1CCN(c2cccc(Br)c2)C1=O)N1CCC(Oc2ccc(F)cc2F)CC1. The minimum absolute atomic E-state index is 0.0109. The highest BCUT2D eigenvalue weighted by Crippen LogP contribution is 2.30. The topological polar surface area (TPSA) is 49.9 Å². The number of likely N-dealkylation sites (tertiary alicyclic amines) is 1. The third-order valence-electron chi connectivity index (χ3n) is 5.56. The summed E-state index contributed by atoms with van der Waals surface area (Å²) in [6.07, 6.45) is 1.28. The average Bonchev–Trinajstić information content (AvgIpc) is 3.11. The van der Waals surface area contributed by atoms with Crippen molar-refractivity contribution >= 4 is 33.4 Å². The molecule has 2 amide bonds. The van der Waals surface area contributed by atoms with Crippen molar-refractivity contribution in [3.63, 3.8) is 0 Å². The van der Waals surface area contributed by atoms with Gasteiger partial charge in [-0.3, -0.25) is 9.59 Å². The van der Waals surface area contributed by atoms with E-state index >= 15 is 0 Å². The summed E-state index contributed by atoms with van der Waals surface area (Å²) in [5, 5.41) is 0. The minimum Gasteiger partial charge on any atom is -0.487 e. The molecule has 2 aliphatic rings. The number of carbonyl (C=O) groups excluding carboxylic acids is 2. The molecule has 2 aliphatic heterocycles. The molecule has 0 aromatic heterocycles. The number of nitrogens with zero attached hydrogens (tertiary/aromatic N) is 2. The van der Waals surface area contributed by atoms with Gasteiger partial charge in [-0.15, -0.1) is 0 Å². The molecule has 0 aliphatic carbocycles. The minimum atomic E-state index is -0.738. The molecule has 0 bridgehead atoms. The van der Waals surface area contributed by atoms with E-state index in [1.165, 1.54) is 6.07 Å². The number of halogens is 3. The van der Waals surface area contributed by atoms with E-state index in [1.807, 2.05) is 24.3 Å². The smallest absolute Gasteiger partial charge is 0.239 e. The van der Waals surface area contributed by atoms with Crippen LogP contribution in [-0.4, -0.2) is 42.5 Å². The van der Waals surface area contributed by atoms with Gasteiger partial charge in [-0.25, -0.2) is 8.78 Å². The van der Waals surface area contributed by atoms with Gasteiger partial charge < -0.3 is 14.5 Å². The van der Waals surface area contributed by atoms with Crippen LogP contribution in [0.4, 0.5) is 14.5 Å². The molecule has 2 fully saturated rings. The average molecular weight is 479 g/mol. The molecule has 0 radical (unpaired) electrons.